The van der Waals surface area contributed by atoms with Crippen molar-refractivity contribution in [2.24, 2.45) is 0 Å². The third-order valence-corrected chi connectivity index (χ3v) is 8.47. The molecule has 1 N–H and O–H groups in total. The van der Waals surface area contributed by atoms with Gasteiger partial charge in [0.15, 0.2) is 0 Å². The van der Waals surface area contributed by atoms with Crippen LogP contribution in [0.1, 0.15) is 31.7 Å². The zero-order valence-electron chi connectivity index (χ0n) is 21.1. The summed E-state index contributed by atoms with van der Waals surface area (Å²) in [6, 6.07) is 8.88. The molecule has 0 saturated carbocycles. The summed E-state index contributed by atoms with van der Waals surface area (Å²) in [6.45, 7) is 7.96. The SMILES string of the molecule is CC[C@H]1CN(c2ncc(NS(C)(=O)=O)cc2Cl)CCN1C1CCN(Cc2ccc(Br)cc2OC)CC1. The van der Waals surface area contributed by atoms with E-state index in [0.717, 1.165) is 75.0 Å². The third-order valence-electron chi connectivity index (χ3n) is 7.09. The first-order valence-electron chi connectivity index (χ1n) is 12.4. The van der Waals surface area contributed by atoms with Gasteiger partial charge in [-0.15, -0.1) is 0 Å². The first-order chi connectivity index (χ1) is 17.2. The normalized spacial score (nSPS) is 20.5. The van der Waals surface area contributed by atoms with E-state index in [0.29, 0.717) is 28.6 Å². The molecule has 1 atom stereocenters. The number of piperidine rings is 1. The Morgan fingerprint density at radius 1 is 1.19 bits per heavy atom. The number of benzene rings is 1. The lowest BCUT2D eigenvalue weighted by Crippen LogP contribution is -2.58. The van der Waals surface area contributed by atoms with Crippen molar-refractivity contribution >= 4 is 49.1 Å². The number of hydrogen-bond donors (Lipinski definition) is 1. The van der Waals surface area contributed by atoms with Gasteiger partial charge in [-0.2, -0.15) is 0 Å². The number of nitrogens with zero attached hydrogens (tertiary/aromatic N) is 4. The summed E-state index contributed by atoms with van der Waals surface area (Å²) >= 11 is 10.0. The Kier molecular flexibility index (Phi) is 9.04. The van der Waals surface area contributed by atoms with E-state index in [-0.39, 0.29) is 0 Å². The minimum atomic E-state index is -3.37. The highest BCUT2D eigenvalue weighted by atomic mass is 79.9. The van der Waals surface area contributed by atoms with E-state index in [9.17, 15) is 8.42 Å². The predicted octanol–water partition coefficient (Wildman–Crippen LogP) is 4.44. The van der Waals surface area contributed by atoms with Gasteiger partial charge in [-0.3, -0.25) is 14.5 Å². The average Bonchev–Trinajstić information content (AvgIpc) is 2.84. The number of likely N-dealkylation sites (tertiary alicyclic amines) is 1. The molecule has 8 nitrogen and oxygen atoms in total. The molecule has 0 unspecified atom stereocenters. The molecule has 0 bridgehead atoms. The molecule has 0 radical (unpaired) electrons. The number of anilines is 2. The summed E-state index contributed by atoms with van der Waals surface area (Å²) in [5.74, 6) is 1.65. The first kappa shape index (κ1) is 27.4. The summed E-state index contributed by atoms with van der Waals surface area (Å²) in [6.07, 6.45) is 6.01. The highest BCUT2D eigenvalue weighted by Gasteiger charge is 2.34. The van der Waals surface area contributed by atoms with Crippen LogP contribution >= 0.6 is 27.5 Å². The lowest BCUT2D eigenvalue weighted by atomic mass is 9.97. The van der Waals surface area contributed by atoms with Gasteiger partial charge in [-0.25, -0.2) is 13.4 Å². The van der Waals surface area contributed by atoms with E-state index < -0.39 is 10.0 Å². The molecule has 0 aliphatic carbocycles. The largest absolute Gasteiger partial charge is 0.496 e. The van der Waals surface area contributed by atoms with Crippen LogP contribution < -0.4 is 14.4 Å². The van der Waals surface area contributed by atoms with Crippen LogP contribution in [-0.2, 0) is 16.6 Å². The van der Waals surface area contributed by atoms with E-state index in [2.05, 4.69) is 59.4 Å². The fourth-order valence-corrected chi connectivity index (χ4v) is 6.50. The Balaban J connectivity index is 1.34. The number of nitrogens with one attached hydrogen (secondary N) is 1. The Morgan fingerprint density at radius 3 is 2.58 bits per heavy atom. The smallest absolute Gasteiger partial charge is 0.229 e. The fraction of sp³-hybridized carbons (Fsp3) is 0.560. The highest BCUT2D eigenvalue weighted by Crippen LogP contribution is 2.31. The Labute approximate surface area is 228 Å². The molecule has 1 aromatic heterocycles. The van der Waals surface area contributed by atoms with Crippen LogP contribution in [0.4, 0.5) is 11.5 Å². The molecular weight excluding hydrogens is 566 g/mol. The number of hydrogen-bond acceptors (Lipinski definition) is 7. The zero-order chi connectivity index (χ0) is 25.9. The number of pyridine rings is 1. The van der Waals surface area contributed by atoms with Crippen molar-refractivity contribution in [2.45, 2.75) is 44.8 Å². The van der Waals surface area contributed by atoms with Gasteiger partial charge in [0.05, 0.1) is 30.3 Å². The predicted molar refractivity (Wildman–Crippen MR) is 150 cm³/mol. The van der Waals surface area contributed by atoms with Crippen LogP contribution in [0.15, 0.2) is 34.9 Å². The van der Waals surface area contributed by atoms with Gasteiger partial charge < -0.3 is 9.64 Å². The molecule has 2 aliphatic rings. The van der Waals surface area contributed by atoms with Crippen molar-refractivity contribution < 1.29 is 13.2 Å². The number of methoxy groups -OCH3 is 1. The molecule has 0 amide bonds. The Morgan fingerprint density at radius 2 is 1.94 bits per heavy atom. The van der Waals surface area contributed by atoms with Crippen molar-refractivity contribution in [3.05, 3.63) is 45.5 Å². The van der Waals surface area contributed by atoms with Crippen LogP contribution in [0.2, 0.25) is 5.02 Å². The second-order valence-electron chi connectivity index (χ2n) is 9.61. The summed E-state index contributed by atoms with van der Waals surface area (Å²) in [5.41, 5.74) is 1.60. The summed E-state index contributed by atoms with van der Waals surface area (Å²) < 4.78 is 32.1. The monoisotopic (exact) mass is 599 g/mol. The standard InChI is InChI=1S/C25H35BrClN5O3S/c1-4-21-17-31(25-23(27)14-20(15-28-25)29-36(3,33)34)11-12-32(21)22-7-9-30(10-8-22)16-18-5-6-19(26)13-24(18)35-2/h5-6,13-15,21-22,29H,4,7-12,16-17H2,1-3H3/t21-/m0/s1. The maximum absolute atomic E-state index is 11.5. The van der Waals surface area contributed by atoms with Crippen LogP contribution in [0, 0.1) is 0 Å². The van der Waals surface area contributed by atoms with Gasteiger partial charge in [0.1, 0.15) is 11.6 Å². The average molecular weight is 601 g/mol. The molecule has 2 fully saturated rings. The maximum atomic E-state index is 11.5. The fourth-order valence-electron chi connectivity index (χ4n) is 5.34. The van der Waals surface area contributed by atoms with Gasteiger partial charge in [0.25, 0.3) is 0 Å². The Bertz CT molecular complexity index is 1160. The van der Waals surface area contributed by atoms with Crippen molar-refractivity contribution in [1.29, 1.82) is 0 Å². The second-order valence-corrected chi connectivity index (χ2v) is 12.7. The third kappa shape index (κ3) is 6.83. The molecule has 3 heterocycles. The van der Waals surface area contributed by atoms with Crippen LogP contribution in [0.3, 0.4) is 0 Å². The van der Waals surface area contributed by atoms with Crippen LogP contribution in [0.5, 0.6) is 5.75 Å². The Hall–Kier alpha value is -1.59. The maximum Gasteiger partial charge on any atom is 0.229 e. The lowest BCUT2D eigenvalue weighted by Gasteiger charge is -2.47. The molecule has 2 aliphatic heterocycles. The van der Waals surface area contributed by atoms with Gasteiger partial charge >= 0.3 is 0 Å². The van der Waals surface area contributed by atoms with E-state index in [1.165, 1.54) is 11.8 Å². The molecule has 198 valence electrons. The highest BCUT2D eigenvalue weighted by molar-refractivity contribution is 9.10. The molecular formula is C25H35BrClN5O3S. The zero-order valence-corrected chi connectivity index (χ0v) is 24.2. The van der Waals surface area contributed by atoms with E-state index in [4.69, 9.17) is 16.3 Å². The summed E-state index contributed by atoms with van der Waals surface area (Å²) in [4.78, 5) is 11.9. The lowest BCUT2D eigenvalue weighted by molar-refractivity contribution is 0.0608. The molecule has 11 heteroatoms. The quantitative estimate of drug-likeness (QED) is 0.480. The van der Waals surface area contributed by atoms with Crippen molar-refractivity contribution in [3.63, 3.8) is 0 Å². The number of halogens is 2. The first-order valence-corrected chi connectivity index (χ1v) is 15.4. The minimum absolute atomic E-state index is 0.379. The molecule has 36 heavy (non-hydrogen) atoms. The van der Waals surface area contributed by atoms with Gasteiger partial charge in [0, 0.05) is 48.3 Å². The number of piperazine rings is 1. The van der Waals surface area contributed by atoms with Gasteiger partial charge in [0.2, 0.25) is 10.0 Å². The second kappa shape index (κ2) is 11.9. The van der Waals surface area contributed by atoms with Crippen molar-refractivity contribution in [3.8, 4) is 5.75 Å². The van der Waals surface area contributed by atoms with E-state index in [1.54, 1.807) is 13.2 Å². The summed E-state index contributed by atoms with van der Waals surface area (Å²) in [5, 5.41) is 0.462. The van der Waals surface area contributed by atoms with E-state index >= 15 is 0 Å². The number of sulfonamides is 1. The van der Waals surface area contributed by atoms with Gasteiger partial charge in [-0.05, 0) is 50.6 Å². The molecule has 0 spiro atoms. The number of rotatable bonds is 8. The summed E-state index contributed by atoms with van der Waals surface area (Å²) in [7, 11) is -1.64. The van der Waals surface area contributed by atoms with Crippen LogP contribution in [0.25, 0.3) is 0 Å². The number of ether oxygens (including phenoxy) is 1. The molecule has 4 rings (SSSR count). The van der Waals surface area contributed by atoms with E-state index in [1.807, 2.05) is 6.07 Å². The molecule has 1 aromatic carbocycles. The number of aromatic nitrogens is 1. The minimum Gasteiger partial charge on any atom is -0.496 e. The molecule has 2 aromatic rings. The molecule has 2 saturated heterocycles. The van der Waals surface area contributed by atoms with Crippen LogP contribution in [-0.4, -0.2) is 81.4 Å². The van der Waals surface area contributed by atoms with Crippen molar-refractivity contribution in [1.82, 2.24) is 14.8 Å². The van der Waals surface area contributed by atoms with Crippen molar-refractivity contribution in [2.75, 3.05) is 55.7 Å². The van der Waals surface area contributed by atoms with Gasteiger partial charge in [-0.1, -0.05) is 40.5 Å². The topological polar surface area (TPSA) is 78.0 Å².